The van der Waals surface area contributed by atoms with Gasteiger partial charge in [-0.25, -0.2) is 4.98 Å². The third-order valence-electron chi connectivity index (χ3n) is 4.76. The summed E-state index contributed by atoms with van der Waals surface area (Å²) in [6.45, 7) is 10.6. The molecular weight excluding hydrogens is 572 g/mol. The number of pyridine rings is 1. The molecule has 2 unspecified atom stereocenters. The Hall–Kier alpha value is -1.53. The summed E-state index contributed by atoms with van der Waals surface area (Å²) in [5, 5.41) is 16.5. The zero-order valence-corrected chi connectivity index (χ0v) is 24.5. The Kier molecular flexibility index (Phi) is 19.4. The van der Waals surface area contributed by atoms with Gasteiger partial charge in [-0.3, -0.25) is 9.59 Å². The second-order valence-electron chi connectivity index (χ2n) is 7.68. The SMILES string of the molecule is CC(=O)c1cccc(C(C)=O)n1.CC1=CC(Cl)=CC(C)C1=N.CC1=CC(Cl)=CC(C)C1=N.[Cl-].[Cl-].[Fe+2]. The Bertz CT molecular complexity index is 983. The number of carbonyl (C=O) groups excluding carboxylic acids is 2. The van der Waals surface area contributed by atoms with Crippen molar-refractivity contribution in [3.05, 3.63) is 75.1 Å². The van der Waals surface area contributed by atoms with Crippen molar-refractivity contribution in [1.29, 1.82) is 10.8 Å². The molecule has 5 nitrogen and oxygen atoms in total. The minimum absolute atomic E-state index is 0. The molecule has 2 aliphatic rings. The van der Waals surface area contributed by atoms with Crippen LogP contribution in [0.25, 0.3) is 0 Å². The van der Waals surface area contributed by atoms with Crippen LogP contribution in [0.5, 0.6) is 0 Å². The van der Waals surface area contributed by atoms with Crippen LogP contribution in [0.4, 0.5) is 0 Å². The van der Waals surface area contributed by atoms with Gasteiger partial charge < -0.3 is 35.6 Å². The second-order valence-corrected chi connectivity index (χ2v) is 8.56. The molecule has 0 amide bonds. The number of Topliss-reactive ketones (excluding diaryl/α,β-unsaturated/α-hetero) is 2. The molecule has 192 valence electrons. The van der Waals surface area contributed by atoms with Crippen LogP contribution in [0.1, 0.15) is 62.5 Å². The first-order chi connectivity index (χ1) is 14.8. The monoisotopic (exact) mass is 599 g/mol. The van der Waals surface area contributed by atoms with E-state index in [1.165, 1.54) is 13.8 Å². The number of halogens is 4. The van der Waals surface area contributed by atoms with Crippen molar-refractivity contribution >= 4 is 46.2 Å². The number of rotatable bonds is 2. The van der Waals surface area contributed by atoms with Crippen molar-refractivity contribution in [2.24, 2.45) is 11.8 Å². The maximum absolute atomic E-state index is 10.8. The molecule has 35 heavy (non-hydrogen) atoms. The molecule has 10 heteroatoms. The van der Waals surface area contributed by atoms with Gasteiger partial charge in [0.1, 0.15) is 11.4 Å². The summed E-state index contributed by atoms with van der Waals surface area (Å²) in [7, 11) is 0. The largest absolute Gasteiger partial charge is 2.00 e. The fraction of sp³-hybridized carbons (Fsp3) is 0.320. The second kappa shape index (κ2) is 17.8. The number of nitrogens with zero attached hydrogens (tertiary/aromatic N) is 1. The summed E-state index contributed by atoms with van der Waals surface area (Å²) in [6.07, 6.45) is 7.42. The number of hydrogen-bond acceptors (Lipinski definition) is 5. The summed E-state index contributed by atoms with van der Waals surface area (Å²) < 4.78 is 0. The van der Waals surface area contributed by atoms with Gasteiger partial charge in [-0.05, 0) is 49.3 Å². The quantitative estimate of drug-likeness (QED) is 0.391. The van der Waals surface area contributed by atoms with E-state index in [-0.39, 0.29) is 65.3 Å². The average Bonchev–Trinajstić information content (AvgIpc) is 2.71. The fourth-order valence-electron chi connectivity index (χ4n) is 2.85. The van der Waals surface area contributed by atoms with Gasteiger partial charge in [0.05, 0.1) is 0 Å². The number of ketones is 2. The van der Waals surface area contributed by atoms with E-state index in [0.717, 1.165) is 21.2 Å². The minimum atomic E-state index is -0.127. The molecular formula is C25H29Cl4FeN3O2. The number of aromatic nitrogens is 1. The molecule has 0 saturated heterocycles. The van der Waals surface area contributed by atoms with E-state index in [1.807, 2.05) is 52.0 Å². The van der Waals surface area contributed by atoms with Crippen molar-refractivity contribution in [3.8, 4) is 0 Å². The molecule has 1 heterocycles. The normalized spacial score (nSPS) is 18.1. The molecule has 0 aromatic carbocycles. The van der Waals surface area contributed by atoms with E-state index >= 15 is 0 Å². The summed E-state index contributed by atoms with van der Waals surface area (Å²) in [4.78, 5) is 25.6. The first kappa shape index (κ1) is 38.0. The zero-order valence-electron chi connectivity index (χ0n) is 20.3. The van der Waals surface area contributed by atoms with Crippen LogP contribution in [0.3, 0.4) is 0 Å². The summed E-state index contributed by atoms with van der Waals surface area (Å²) >= 11 is 11.5. The van der Waals surface area contributed by atoms with Gasteiger partial charge in [0.25, 0.3) is 0 Å². The van der Waals surface area contributed by atoms with E-state index < -0.39 is 0 Å². The third-order valence-corrected chi connectivity index (χ3v) is 5.23. The molecule has 2 N–H and O–H groups in total. The molecule has 1 aromatic rings. The summed E-state index contributed by atoms with van der Waals surface area (Å²) in [5.74, 6) is 0.103. The first-order valence-electron chi connectivity index (χ1n) is 10.1. The third kappa shape index (κ3) is 12.8. The molecule has 0 aliphatic heterocycles. The minimum Gasteiger partial charge on any atom is -1.00 e. The van der Waals surface area contributed by atoms with Crippen LogP contribution < -0.4 is 24.8 Å². The topological polar surface area (TPSA) is 94.7 Å². The molecule has 0 radical (unpaired) electrons. The van der Waals surface area contributed by atoms with Crippen molar-refractivity contribution in [1.82, 2.24) is 4.98 Å². The predicted molar refractivity (Wildman–Crippen MR) is 133 cm³/mol. The van der Waals surface area contributed by atoms with Gasteiger partial charge in [-0.1, -0.05) is 55.3 Å². The van der Waals surface area contributed by atoms with E-state index in [1.54, 1.807) is 18.2 Å². The van der Waals surface area contributed by atoms with Gasteiger partial charge in [-0.15, -0.1) is 0 Å². The Morgan fingerprint density at radius 2 is 1.11 bits per heavy atom. The van der Waals surface area contributed by atoms with Crippen molar-refractivity contribution in [2.75, 3.05) is 0 Å². The molecule has 0 fully saturated rings. The fourth-order valence-corrected chi connectivity index (χ4v) is 3.56. The van der Waals surface area contributed by atoms with Crippen LogP contribution in [0, 0.1) is 22.7 Å². The number of hydrogen-bond donors (Lipinski definition) is 2. The first-order valence-corrected chi connectivity index (χ1v) is 10.9. The van der Waals surface area contributed by atoms with Gasteiger partial charge in [-0.2, -0.15) is 0 Å². The van der Waals surface area contributed by atoms with Crippen molar-refractivity contribution in [2.45, 2.75) is 41.5 Å². The van der Waals surface area contributed by atoms with Gasteiger partial charge in [0, 0.05) is 47.2 Å². The van der Waals surface area contributed by atoms with Crippen LogP contribution in [0.2, 0.25) is 0 Å². The van der Waals surface area contributed by atoms with Gasteiger partial charge in [0.15, 0.2) is 11.6 Å². The van der Waals surface area contributed by atoms with Crippen molar-refractivity contribution < 1.29 is 51.5 Å². The van der Waals surface area contributed by atoms with Crippen LogP contribution in [-0.2, 0) is 17.1 Å². The van der Waals surface area contributed by atoms with E-state index in [2.05, 4.69) is 4.98 Å². The number of carbonyl (C=O) groups is 2. The molecule has 0 bridgehead atoms. The zero-order chi connectivity index (χ0) is 24.6. The average molecular weight is 601 g/mol. The molecule has 0 saturated carbocycles. The number of allylic oxidation sites excluding steroid dienone is 8. The van der Waals surface area contributed by atoms with Gasteiger partial charge in [0.2, 0.25) is 0 Å². The molecule has 0 spiro atoms. The van der Waals surface area contributed by atoms with Crippen LogP contribution >= 0.6 is 23.2 Å². The maximum atomic E-state index is 10.8. The molecule has 3 rings (SSSR count). The Balaban J connectivity index is -0.000000423. The van der Waals surface area contributed by atoms with Crippen LogP contribution in [-0.4, -0.2) is 28.0 Å². The Morgan fingerprint density at radius 3 is 1.37 bits per heavy atom. The maximum Gasteiger partial charge on any atom is 2.00 e. The summed E-state index contributed by atoms with van der Waals surface area (Å²) in [5.41, 5.74) is 3.96. The van der Waals surface area contributed by atoms with E-state index in [9.17, 15) is 9.59 Å². The number of nitrogens with one attached hydrogen (secondary N) is 2. The smallest absolute Gasteiger partial charge is 1.00 e. The summed E-state index contributed by atoms with van der Waals surface area (Å²) in [6, 6.07) is 4.84. The van der Waals surface area contributed by atoms with E-state index in [4.69, 9.17) is 34.0 Å². The van der Waals surface area contributed by atoms with E-state index in [0.29, 0.717) is 22.8 Å². The van der Waals surface area contributed by atoms with Crippen LogP contribution in [0.15, 0.2) is 63.7 Å². The molecule has 2 atom stereocenters. The Morgan fingerprint density at radius 1 is 0.800 bits per heavy atom. The van der Waals surface area contributed by atoms with Crippen molar-refractivity contribution in [3.63, 3.8) is 0 Å². The standard InChI is InChI=1S/C9H9NO2.2C8H10ClN.2ClH.Fe/c1-6(11)8-4-3-5-9(10-8)7(2)12;2*1-5-3-7(9)4-6(2)8(5)10;;;/h3-5H,1-2H3;2*3-5,10H,1-2H3;2*1H;/q;;;;;+2/p-2. The van der Waals surface area contributed by atoms with Gasteiger partial charge >= 0.3 is 17.1 Å². The molecule has 1 aromatic heterocycles. The Labute approximate surface area is 240 Å². The molecule has 2 aliphatic carbocycles. The predicted octanol–water partition coefficient (Wildman–Crippen LogP) is 0.942.